The average Bonchev–Trinajstić information content (AvgIpc) is 2.57. The second-order valence-corrected chi connectivity index (χ2v) is 6.45. The molecule has 0 aromatic rings. The first-order valence-electron chi connectivity index (χ1n) is 4.56. The summed E-state index contributed by atoms with van der Waals surface area (Å²) in [7, 11) is 4.69. The molecule has 1 aliphatic heterocycles. The summed E-state index contributed by atoms with van der Waals surface area (Å²) in [5.74, 6) is 0. The van der Waals surface area contributed by atoms with Crippen molar-refractivity contribution in [2.45, 2.75) is 18.5 Å². The smallest absolute Gasteiger partial charge is 0.376 e. The molecule has 1 aliphatic rings. The average molecular weight is 205 g/mol. The van der Waals surface area contributed by atoms with Gasteiger partial charge in [0.2, 0.25) is 0 Å². The lowest BCUT2D eigenvalue weighted by molar-refractivity contribution is 0.0915. The Kier molecular flexibility index (Phi) is 3.87. The molecule has 0 N–H and O–H groups in total. The molecule has 1 unspecified atom stereocenters. The summed E-state index contributed by atoms with van der Waals surface area (Å²) in [5, 5.41) is 0. The topological polar surface area (TPSA) is 30.9 Å². The Bertz CT molecular complexity index is 155. The van der Waals surface area contributed by atoms with E-state index in [1.54, 1.807) is 21.3 Å². The zero-order valence-corrected chi connectivity index (χ0v) is 9.87. The Morgan fingerprint density at radius 2 is 1.69 bits per heavy atom. The third-order valence-corrected chi connectivity index (χ3v) is 6.03. The summed E-state index contributed by atoms with van der Waals surface area (Å²) in [5.41, 5.74) is 0.326. The lowest BCUT2D eigenvalue weighted by atomic mass is 10.4. The van der Waals surface area contributed by atoms with Crippen LogP contribution in [-0.2, 0) is 13.3 Å². The van der Waals surface area contributed by atoms with Gasteiger partial charge in [-0.3, -0.25) is 4.90 Å². The number of likely N-dealkylation sites (tertiary alicyclic amines) is 1. The number of hydrogen-bond acceptors (Lipinski definition) is 4. The maximum atomic E-state index is 5.44. The van der Waals surface area contributed by atoms with Gasteiger partial charge in [-0.15, -0.1) is 0 Å². The Balaban J connectivity index is 2.73. The molecule has 5 heteroatoms. The van der Waals surface area contributed by atoms with E-state index in [2.05, 4.69) is 11.9 Å². The minimum atomic E-state index is -2.42. The van der Waals surface area contributed by atoms with E-state index < -0.39 is 8.80 Å². The normalized spacial score (nSPS) is 25.4. The molecule has 1 atom stereocenters. The van der Waals surface area contributed by atoms with Gasteiger partial charge in [-0.2, -0.15) is 0 Å². The van der Waals surface area contributed by atoms with Crippen LogP contribution in [0.3, 0.4) is 0 Å². The summed E-state index contributed by atoms with van der Waals surface area (Å²) in [6.45, 7) is 1.11. The molecule has 0 spiro atoms. The fraction of sp³-hybridized carbons (Fsp3) is 1.00. The van der Waals surface area contributed by atoms with Gasteiger partial charge in [-0.25, -0.2) is 0 Å². The second-order valence-electron chi connectivity index (χ2n) is 3.35. The predicted molar refractivity (Wildman–Crippen MR) is 52.4 cm³/mol. The maximum Gasteiger partial charge on any atom is 0.518 e. The molecule has 0 aromatic heterocycles. The van der Waals surface area contributed by atoms with Crippen LogP contribution in [0.4, 0.5) is 0 Å². The summed E-state index contributed by atoms with van der Waals surface area (Å²) in [4.78, 5) is 2.27. The van der Waals surface area contributed by atoms with Crippen LogP contribution in [0.5, 0.6) is 0 Å². The molecule has 0 radical (unpaired) electrons. The highest BCUT2D eigenvalue weighted by Gasteiger charge is 2.50. The van der Waals surface area contributed by atoms with E-state index >= 15 is 0 Å². The van der Waals surface area contributed by atoms with Gasteiger partial charge in [-0.1, -0.05) is 0 Å². The third kappa shape index (κ3) is 1.94. The molecule has 0 amide bonds. The van der Waals surface area contributed by atoms with Crippen LogP contribution in [-0.4, -0.2) is 54.3 Å². The van der Waals surface area contributed by atoms with Crippen LogP contribution in [0.1, 0.15) is 12.8 Å². The zero-order valence-electron chi connectivity index (χ0n) is 8.87. The quantitative estimate of drug-likeness (QED) is 0.625. The Hall–Kier alpha value is 0.0569. The highest BCUT2D eigenvalue weighted by molar-refractivity contribution is 6.62. The minimum Gasteiger partial charge on any atom is -0.376 e. The van der Waals surface area contributed by atoms with Crippen LogP contribution in [0.15, 0.2) is 0 Å². The highest BCUT2D eigenvalue weighted by atomic mass is 28.4. The van der Waals surface area contributed by atoms with Crippen LogP contribution >= 0.6 is 0 Å². The molecule has 78 valence electrons. The molecular weight excluding hydrogens is 186 g/mol. The monoisotopic (exact) mass is 205 g/mol. The van der Waals surface area contributed by atoms with E-state index in [1.165, 1.54) is 6.42 Å². The van der Waals surface area contributed by atoms with E-state index in [-0.39, 0.29) is 0 Å². The summed E-state index contributed by atoms with van der Waals surface area (Å²) < 4.78 is 16.3. The second kappa shape index (κ2) is 4.52. The first kappa shape index (κ1) is 11.1. The van der Waals surface area contributed by atoms with E-state index in [4.69, 9.17) is 13.3 Å². The van der Waals surface area contributed by atoms with Gasteiger partial charge in [0.15, 0.2) is 0 Å². The van der Waals surface area contributed by atoms with Crippen LogP contribution in [0, 0.1) is 0 Å². The van der Waals surface area contributed by atoms with Crippen LogP contribution in [0.2, 0.25) is 0 Å². The van der Waals surface area contributed by atoms with Gasteiger partial charge in [0.25, 0.3) is 0 Å². The Labute approximate surface area is 81.1 Å². The van der Waals surface area contributed by atoms with E-state index in [0.717, 1.165) is 13.0 Å². The molecule has 0 bridgehead atoms. The molecule has 0 aliphatic carbocycles. The molecule has 4 nitrogen and oxygen atoms in total. The lowest BCUT2D eigenvalue weighted by Gasteiger charge is -2.33. The molecule has 1 heterocycles. The molecular formula is C8H19NO3Si. The van der Waals surface area contributed by atoms with Crippen molar-refractivity contribution in [3.8, 4) is 0 Å². The highest BCUT2D eigenvalue weighted by Crippen LogP contribution is 2.25. The van der Waals surface area contributed by atoms with E-state index in [0.29, 0.717) is 5.67 Å². The summed E-state index contributed by atoms with van der Waals surface area (Å²) >= 11 is 0. The van der Waals surface area contributed by atoms with Crippen molar-refractivity contribution in [2.75, 3.05) is 34.9 Å². The predicted octanol–water partition coefficient (Wildman–Crippen LogP) is 0.498. The SMILES string of the molecule is CO[Si](OC)(OC)C1CCCN1C. The van der Waals surface area contributed by atoms with Gasteiger partial charge in [0.1, 0.15) is 0 Å². The summed E-state index contributed by atoms with van der Waals surface area (Å²) in [6, 6.07) is 0. The molecule has 0 saturated carbocycles. The Morgan fingerprint density at radius 3 is 2.00 bits per heavy atom. The molecule has 1 rings (SSSR count). The number of rotatable bonds is 4. The van der Waals surface area contributed by atoms with Crippen molar-refractivity contribution < 1.29 is 13.3 Å². The number of nitrogens with zero attached hydrogens (tertiary/aromatic N) is 1. The summed E-state index contributed by atoms with van der Waals surface area (Å²) in [6.07, 6.45) is 2.31. The molecule has 1 saturated heterocycles. The van der Waals surface area contributed by atoms with Crippen molar-refractivity contribution in [3.63, 3.8) is 0 Å². The lowest BCUT2D eigenvalue weighted by Crippen LogP contribution is -2.58. The van der Waals surface area contributed by atoms with Crippen molar-refractivity contribution >= 4 is 8.80 Å². The van der Waals surface area contributed by atoms with Crippen molar-refractivity contribution in [1.29, 1.82) is 0 Å². The third-order valence-electron chi connectivity index (χ3n) is 2.78. The fourth-order valence-corrected chi connectivity index (χ4v) is 4.56. The Morgan fingerprint density at radius 1 is 1.15 bits per heavy atom. The number of hydrogen-bond donors (Lipinski definition) is 0. The van der Waals surface area contributed by atoms with Gasteiger partial charge >= 0.3 is 8.80 Å². The van der Waals surface area contributed by atoms with E-state index in [1.807, 2.05) is 0 Å². The van der Waals surface area contributed by atoms with Gasteiger partial charge in [-0.05, 0) is 26.4 Å². The first-order valence-corrected chi connectivity index (χ1v) is 6.36. The standard InChI is InChI=1S/C8H19NO3Si/c1-9-7-5-6-8(9)13(10-2,11-3)12-4/h8H,5-7H2,1-4H3. The fourth-order valence-electron chi connectivity index (χ4n) is 2.02. The van der Waals surface area contributed by atoms with Crippen molar-refractivity contribution in [2.24, 2.45) is 0 Å². The minimum absolute atomic E-state index is 0.326. The van der Waals surface area contributed by atoms with Crippen molar-refractivity contribution in [1.82, 2.24) is 4.90 Å². The molecule has 13 heavy (non-hydrogen) atoms. The maximum absolute atomic E-state index is 5.44. The van der Waals surface area contributed by atoms with Gasteiger partial charge in [0, 0.05) is 21.3 Å². The molecule has 1 fully saturated rings. The van der Waals surface area contributed by atoms with Crippen LogP contribution < -0.4 is 0 Å². The molecule has 0 aromatic carbocycles. The van der Waals surface area contributed by atoms with Crippen molar-refractivity contribution in [3.05, 3.63) is 0 Å². The zero-order chi connectivity index (χ0) is 9.90. The van der Waals surface area contributed by atoms with Gasteiger partial charge < -0.3 is 13.3 Å². The first-order chi connectivity index (χ1) is 6.20. The van der Waals surface area contributed by atoms with Gasteiger partial charge in [0.05, 0.1) is 5.67 Å². The largest absolute Gasteiger partial charge is 0.518 e. The van der Waals surface area contributed by atoms with E-state index in [9.17, 15) is 0 Å². The van der Waals surface area contributed by atoms with Crippen LogP contribution in [0.25, 0.3) is 0 Å².